The molecule has 1 aliphatic carbocycles. The summed E-state index contributed by atoms with van der Waals surface area (Å²) < 4.78 is 27.9. The van der Waals surface area contributed by atoms with Gasteiger partial charge in [-0.15, -0.1) is 0 Å². The number of carbonyl (C=O) groups excluding carboxylic acids is 1. The predicted octanol–water partition coefficient (Wildman–Crippen LogP) is 3.26. The molecule has 2 N–H and O–H groups in total. The third kappa shape index (κ3) is 4.55. The smallest absolute Gasteiger partial charge is 0.252 e. The van der Waals surface area contributed by atoms with Gasteiger partial charge in [-0.25, -0.2) is 8.42 Å². The summed E-state index contributed by atoms with van der Waals surface area (Å²) in [6, 6.07) is 5.95. The van der Waals surface area contributed by atoms with Crippen molar-refractivity contribution in [1.29, 1.82) is 0 Å². The van der Waals surface area contributed by atoms with Crippen molar-refractivity contribution in [2.24, 2.45) is 11.8 Å². The first-order chi connectivity index (χ1) is 14.8. The summed E-state index contributed by atoms with van der Waals surface area (Å²) in [5, 5.41) is 3.53. The largest absolute Gasteiger partial charge is 0.349 e. The molecule has 1 aliphatic heterocycles. The Morgan fingerprint density at radius 2 is 1.77 bits per heavy atom. The van der Waals surface area contributed by atoms with Crippen LogP contribution in [0.25, 0.3) is 10.9 Å². The highest BCUT2D eigenvalue weighted by molar-refractivity contribution is 7.89. The monoisotopic (exact) mass is 445 g/mol. The Hall–Kier alpha value is -2.19. The van der Waals surface area contributed by atoms with Crippen molar-refractivity contribution >= 4 is 26.8 Å². The van der Waals surface area contributed by atoms with Gasteiger partial charge in [0, 0.05) is 36.1 Å². The fraction of sp³-hybridized carbons (Fsp3) is 0.565. The number of H-pyrrole nitrogens is 1. The summed E-state index contributed by atoms with van der Waals surface area (Å²) in [7, 11) is -3.66. The normalized spacial score (nSPS) is 23.7. The number of hydrogen-bond acceptors (Lipinski definition) is 4. The van der Waals surface area contributed by atoms with Gasteiger partial charge in [0.1, 0.15) is 0 Å². The summed E-state index contributed by atoms with van der Waals surface area (Å²) in [6.07, 6.45) is 5.90. The molecule has 1 saturated heterocycles. The second kappa shape index (κ2) is 8.74. The van der Waals surface area contributed by atoms with Crippen molar-refractivity contribution in [3.63, 3.8) is 0 Å². The first-order valence-corrected chi connectivity index (χ1v) is 12.7. The average Bonchev–Trinajstić information content (AvgIpc) is 2.74. The van der Waals surface area contributed by atoms with Gasteiger partial charge < -0.3 is 10.3 Å². The van der Waals surface area contributed by atoms with Crippen LogP contribution in [0.3, 0.4) is 0 Å². The number of carbonyl (C=O) groups is 1. The molecule has 2 fully saturated rings. The second-order valence-electron chi connectivity index (χ2n) is 9.18. The minimum absolute atomic E-state index is 0.0674. The van der Waals surface area contributed by atoms with Gasteiger partial charge in [-0.1, -0.05) is 26.7 Å². The number of aromatic amines is 1. The lowest BCUT2D eigenvalue weighted by atomic mass is 9.86. The van der Waals surface area contributed by atoms with Crippen molar-refractivity contribution in [1.82, 2.24) is 14.6 Å². The van der Waals surface area contributed by atoms with Crippen LogP contribution in [0, 0.1) is 11.8 Å². The van der Waals surface area contributed by atoms with E-state index < -0.39 is 10.0 Å². The molecule has 0 spiro atoms. The molecule has 1 saturated carbocycles. The van der Waals surface area contributed by atoms with E-state index in [-0.39, 0.29) is 28.0 Å². The molecular weight excluding hydrogens is 414 g/mol. The Labute approximate surface area is 183 Å². The molecule has 1 aromatic heterocycles. The number of amides is 1. The highest BCUT2D eigenvalue weighted by atomic mass is 32.2. The zero-order valence-corrected chi connectivity index (χ0v) is 19.0. The molecule has 0 bridgehead atoms. The Kier molecular flexibility index (Phi) is 6.21. The molecule has 8 heteroatoms. The van der Waals surface area contributed by atoms with Crippen LogP contribution in [0.2, 0.25) is 0 Å². The molecule has 1 aromatic carbocycles. The van der Waals surface area contributed by atoms with Gasteiger partial charge in [-0.2, -0.15) is 4.31 Å². The number of rotatable bonds is 4. The van der Waals surface area contributed by atoms with Crippen molar-refractivity contribution in [2.45, 2.75) is 63.3 Å². The maximum atomic E-state index is 13.2. The maximum Gasteiger partial charge on any atom is 0.252 e. The fourth-order valence-electron chi connectivity index (χ4n) is 4.73. The number of nitrogens with zero attached hydrogens (tertiary/aromatic N) is 1. The summed E-state index contributed by atoms with van der Waals surface area (Å²) in [5.41, 5.74) is 0.302. The van der Waals surface area contributed by atoms with Crippen molar-refractivity contribution in [3.05, 3.63) is 40.2 Å². The average molecular weight is 446 g/mol. The van der Waals surface area contributed by atoms with Crippen LogP contribution in [0.5, 0.6) is 0 Å². The predicted molar refractivity (Wildman–Crippen MR) is 121 cm³/mol. The zero-order chi connectivity index (χ0) is 22.2. The van der Waals surface area contributed by atoms with E-state index in [1.807, 2.05) is 0 Å². The van der Waals surface area contributed by atoms with Crippen LogP contribution in [-0.4, -0.2) is 42.7 Å². The SMILES string of the molecule is CC1CCN(S(=O)(=O)c2ccc3[nH]c(=O)cc(C(=O)N[C@H]4CCCC[C@H]4C)c3c2)CC1. The number of pyridine rings is 1. The quantitative estimate of drug-likeness (QED) is 0.754. The number of aromatic nitrogens is 1. The van der Waals surface area contributed by atoms with Crippen LogP contribution < -0.4 is 10.9 Å². The molecule has 7 nitrogen and oxygen atoms in total. The summed E-state index contributed by atoms with van der Waals surface area (Å²) in [5.74, 6) is 0.574. The molecule has 31 heavy (non-hydrogen) atoms. The summed E-state index contributed by atoms with van der Waals surface area (Å²) in [4.78, 5) is 28.1. The van der Waals surface area contributed by atoms with E-state index in [0.717, 1.165) is 38.5 Å². The molecule has 2 heterocycles. The van der Waals surface area contributed by atoms with Crippen LogP contribution >= 0.6 is 0 Å². The van der Waals surface area contributed by atoms with E-state index in [1.54, 1.807) is 6.07 Å². The molecule has 0 radical (unpaired) electrons. The topological polar surface area (TPSA) is 99.3 Å². The van der Waals surface area contributed by atoms with E-state index in [2.05, 4.69) is 24.1 Å². The molecular formula is C23H31N3O4S. The standard InChI is InChI=1S/C23H31N3O4S/c1-15-9-11-26(12-10-15)31(29,30)17-7-8-21-18(13-17)19(14-22(27)24-21)23(28)25-20-6-4-3-5-16(20)2/h7-8,13-16,20H,3-6,9-12H2,1-2H3,(H,24,27)(H,25,28)/t16-,20+/m1/s1. The maximum absolute atomic E-state index is 13.2. The molecule has 1 amide bonds. The van der Waals surface area contributed by atoms with Crippen LogP contribution in [-0.2, 0) is 10.0 Å². The fourth-order valence-corrected chi connectivity index (χ4v) is 6.23. The van der Waals surface area contributed by atoms with E-state index in [4.69, 9.17) is 0 Å². The number of benzene rings is 1. The number of piperidine rings is 1. The molecule has 2 aliphatic rings. The number of nitrogens with one attached hydrogen (secondary N) is 2. The third-order valence-electron chi connectivity index (χ3n) is 6.87. The van der Waals surface area contributed by atoms with Crippen LogP contribution in [0.15, 0.2) is 34.0 Å². The minimum atomic E-state index is -3.66. The first kappa shape index (κ1) is 22.0. The first-order valence-electron chi connectivity index (χ1n) is 11.2. The van der Waals surface area contributed by atoms with E-state index in [0.29, 0.717) is 35.8 Å². The Balaban J connectivity index is 1.69. The van der Waals surface area contributed by atoms with Gasteiger partial charge in [0.25, 0.3) is 5.91 Å². The third-order valence-corrected chi connectivity index (χ3v) is 8.76. The second-order valence-corrected chi connectivity index (χ2v) is 11.1. The van der Waals surface area contributed by atoms with Crippen LogP contribution in [0.1, 0.15) is 62.7 Å². The lowest BCUT2D eigenvalue weighted by Crippen LogP contribution is -2.41. The molecule has 168 valence electrons. The highest BCUT2D eigenvalue weighted by Gasteiger charge is 2.29. The van der Waals surface area contributed by atoms with E-state index in [9.17, 15) is 18.0 Å². The van der Waals surface area contributed by atoms with Crippen molar-refractivity contribution in [2.75, 3.05) is 13.1 Å². The van der Waals surface area contributed by atoms with Crippen molar-refractivity contribution < 1.29 is 13.2 Å². The van der Waals surface area contributed by atoms with Crippen LogP contribution in [0.4, 0.5) is 0 Å². The zero-order valence-electron chi connectivity index (χ0n) is 18.2. The van der Waals surface area contributed by atoms with Gasteiger partial charge in [0.05, 0.1) is 10.5 Å². The Bertz CT molecular complexity index is 1130. The van der Waals surface area contributed by atoms with Crippen molar-refractivity contribution in [3.8, 4) is 0 Å². The molecule has 2 atom stereocenters. The van der Waals surface area contributed by atoms with E-state index >= 15 is 0 Å². The van der Waals surface area contributed by atoms with Gasteiger partial charge in [0.15, 0.2) is 0 Å². The van der Waals surface area contributed by atoms with Gasteiger partial charge in [-0.05, 0) is 55.7 Å². The number of fused-ring (bicyclic) bond motifs is 1. The molecule has 0 unspecified atom stereocenters. The van der Waals surface area contributed by atoms with Gasteiger partial charge in [-0.3, -0.25) is 9.59 Å². The van der Waals surface area contributed by atoms with Gasteiger partial charge in [0.2, 0.25) is 15.6 Å². The number of sulfonamides is 1. The lowest BCUT2D eigenvalue weighted by molar-refractivity contribution is 0.0911. The minimum Gasteiger partial charge on any atom is -0.349 e. The summed E-state index contributed by atoms with van der Waals surface area (Å²) in [6.45, 7) is 5.26. The number of hydrogen-bond donors (Lipinski definition) is 2. The Morgan fingerprint density at radius 1 is 1.06 bits per heavy atom. The molecule has 4 rings (SSSR count). The van der Waals surface area contributed by atoms with Gasteiger partial charge >= 0.3 is 0 Å². The highest BCUT2D eigenvalue weighted by Crippen LogP contribution is 2.27. The molecule has 2 aromatic rings. The Morgan fingerprint density at radius 3 is 2.48 bits per heavy atom. The lowest BCUT2D eigenvalue weighted by Gasteiger charge is -2.30. The van der Waals surface area contributed by atoms with E-state index in [1.165, 1.54) is 22.5 Å². The summed E-state index contributed by atoms with van der Waals surface area (Å²) >= 11 is 0.